The van der Waals surface area contributed by atoms with Crippen LogP contribution in [0.4, 0.5) is 10.1 Å². The number of benzene rings is 2. The van der Waals surface area contributed by atoms with Crippen molar-refractivity contribution < 1.29 is 18.7 Å². The van der Waals surface area contributed by atoms with E-state index in [2.05, 4.69) is 34.7 Å². The molecule has 0 aliphatic heterocycles. The van der Waals surface area contributed by atoms with E-state index in [0.29, 0.717) is 12.2 Å². The number of aromatic nitrogens is 2. The highest BCUT2D eigenvalue weighted by Crippen LogP contribution is 2.17. The smallest absolute Gasteiger partial charge is 0.331 e. The lowest BCUT2D eigenvalue weighted by molar-refractivity contribution is -0.142. The number of halogens is 1. The maximum Gasteiger partial charge on any atom is 0.331 e. The standard InChI is InChI=1S/C24H24FN3O3/c1-16-7-9-19(10-8-16)14-28-18(3)22(17(2)27-28)11-12-24(30)31-15-23(29)26-21-6-4-5-20(25)13-21/h4-13H,14-15H2,1-3H3,(H,26,29)/b12-11+. The Bertz CT molecular complexity index is 1120. The van der Waals surface area contributed by atoms with Crippen molar-refractivity contribution in [1.82, 2.24) is 9.78 Å². The summed E-state index contributed by atoms with van der Waals surface area (Å²) in [5.74, 6) is -1.67. The number of aryl methyl sites for hydroxylation is 2. The molecule has 0 fully saturated rings. The zero-order valence-corrected chi connectivity index (χ0v) is 17.7. The highest BCUT2D eigenvalue weighted by Gasteiger charge is 2.11. The Morgan fingerprint density at radius 1 is 1.13 bits per heavy atom. The third-order valence-electron chi connectivity index (χ3n) is 4.73. The van der Waals surface area contributed by atoms with Gasteiger partial charge < -0.3 is 10.1 Å². The van der Waals surface area contributed by atoms with Crippen molar-refractivity contribution >= 4 is 23.6 Å². The summed E-state index contributed by atoms with van der Waals surface area (Å²) >= 11 is 0. The molecule has 3 aromatic rings. The number of anilines is 1. The molecule has 31 heavy (non-hydrogen) atoms. The van der Waals surface area contributed by atoms with Gasteiger partial charge in [0.1, 0.15) is 5.82 Å². The molecule has 2 aromatic carbocycles. The van der Waals surface area contributed by atoms with Crippen molar-refractivity contribution in [2.75, 3.05) is 11.9 Å². The van der Waals surface area contributed by atoms with E-state index in [4.69, 9.17) is 4.74 Å². The van der Waals surface area contributed by atoms with Gasteiger partial charge >= 0.3 is 5.97 Å². The number of hydrogen-bond acceptors (Lipinski definition) is 4. The largest absolute Gasteiger partial charge is 0.452 e. The summed E-state index contributed by atoms with van der Waals surface area (Å²) in [6, 6.07) is 13.7. The van der Waals surface area contributed by atoms with Gasteiger partial charge in [-0.3, -0.25) is 9.48 Å². The number of hydrogen-bond donors (Lipinski definition) is 1. The number of carbonyl (C=O) groups is 2. The summed E-state index contributed by atoms with van der Waals surface area (Å²) in [4.78, 5) is 23.9. The van der Waals surface area contributed by atoms with E-state index in [1.54, 1.807) is 12.1 Å². The Labute approximate surface area is 180 Å². The van der Waals surface area contributed by atoms with E-state index < -0.39 is 24.3 Å². The van der Waals surface area contributed by atoms with Crippen molar-refractivity contribution in [3.63, 3.8) is 0 Å². The number of nitrogens with zero attached hydrogens (tertiary/aromatic N) is 2. The number of rotatable bonds is 7. The first-order chi connectivity index (χ1) is 14.8. The first-order valence-corrected chi connectivity index (χ1v) is 9.81. The summed E-state index contributed by atoms with van der Waals surface area (Å²) in [7, 11) is 0. The fraction of sp³-hybridized carbons (Fsp3) is 0.208. The van der Waals surface area contributed by atoms with E-state index in [9.17, 15) is 14.0 Å². The molecular formula is C24H24FN3O3. The fourth-order valence-corrected chi connectivity index (χ4v) is 3.07. The van der Waals surface area contributed by atoms with Crippen LogP contribution in [-0.2, 0) is 20.9 Å². The molecule has 1 heterocycles. The van der Waals surface area contributed by atoms with Gasteiger partial charge in [0.15, 0.2) is 6.61 Å². The second-order valence-corrected chi connectivity index (χ2v) is 7.23. The van der Waals surface area contributed by atoms with Crippen molar-refractivity contribution in [2.24, 2.45) is 0 Å². The van der Waals surface area contributed by atoms with Crippen LogP contribution in [0.1, 0.15) is 28.1 Å². The molecule has 1 N–H and O–H groups in total. The minimum absolute atomic E-state index is 0.295. The molecule has 160 valence electrons. The summed E-state index contributed by atoms with van der Waals surface area (Å²) in [6.45, 7) is 6.01. The Hall–Kier alpha value is -3.74. The Kier molecular flexibility index (Phi) is 6.97. The van der Waals surface area contributed by atoms with E-state index >= 15 is 0 Å². The molecule has 0 unspecified atom stereocenters. The highest BCUT2D eigenvalue weighted by atomic mass is 19.1. The predicted octanol–water partition coefficient (Wildman–Crippen LogP) is 4.19. The van der Waals surface area contributed by atoms with Crippen molar-refractivity contribution in [2.45, 2.75) is 27.3 Å². The molecule has 0 aliphatic carbocycles. The SMILES string of the molecule is Cc1ccc(Cn2nc(C)c(/C=C/C(=O)OCC(=O)Nc3cccc(F)c3)c2C)cc1. The first-order valence-electron chi connectivity index (χ1n) is 9.81. The van der Waals surface area contributed by atoms with Gasteiger partial charge in [0.25, 0.3) is 5.91 Å². The summed E-state index contributed by atoms with van der Waals surface area (Å²) in [5.41, 5.74) is 5.17. The number of nitrogens with one attached hydrogen (secondary N) is 1. The lowest BCUT2D eigenvalue weighted by Crippen LogP contribution is -2.20. The first kappa shape index (κ1) is 22.0. The fourth-order valence-electron chi connectivity index (χ4n) is 3.07. The minimum atomic E-state index is -0.653. The Morgan fingerprint density at radius 3 is 2.58 bits per heavy atom. The normalized spacial score (nSPS) is 11.0. The average Bonchev–Trinajstić information content (AvgIpc) is 2.99. The zero-order valence-electron chi connectivity index (χ0n) is 17.7. The minimum Gasteiger partial charge on any atom is -0.452 e. The Morgan fingerprint density at radius 2 is 1.87 bits per heavy atom. The van der Waals surface area contributed by atoms with E-state index in [0.717, 1.165) is 22.5 Å². The van der Waals surface area contributed by atoms with Crippen LogP contribution in [0.2, 0.25) is 0 Å². The van der Waals surface area contributed by atoms with Crippen molar-refractivity contribution in [1.29, 1.82) is 0 Å². The third-order valence-corrected chi connectivity index (χ3v) is 4.73. The second kappa shape index (κ2) is 9.84. The van der Waals surface area contributed by atoms with Gasteiger partial charge in [-0.05, 0) is 50.6 Å². The van der Waals surface area contributed by atoms with Crippen LogP contribution in [0.15, 0.2) is 54.6 Å². The lowest BCUT2D eigenvalue weighted by atomic mass is 10.1. The molecule has 1 amide bonds. The van der Waals surface area contributed by atoms with Gasteiger partial charge in [0.05, 0.1) is 12.2 Å². The molecule has 0 saturated carbocycles. The quantitative estimate of drug-likeness (QED) is 0.459. The lowest BCUT2D eigenvalue weighted by Gasteiger charge is -2.06. The third kappa shape index (κ3) is 6.12. The van der Waals surface area contributed by atoms with Crippen molar-refractivity contribution in [3.8, 4) is 0 Å². The topological polar surface area (TPSA) is 73.2 Å². The maximum absolute atomic E-state index is 13.1. The molecule has 1 aromatic heterocycles. The van der Waals surface area contributed by atoms with Crippen LogP contribution in [0.25, 0.3) is 6.08 Å². The van der Waals surface area contributed by atoms with Crippen LogP contribution in [-0.4, -0.2) is 28.3 Å². The molecule has 0 bridgehead atoms. The Balaban J connectivity index is 1.57. The predicted molar refractivity (Wildman–Crippen MR) is 117 cm³/mol. The molecule has 0 spiro atoms. The van der Waals surface area contributed by atoms with Gasteiger partial charge in [-0.2, -0.15) is 5.10 Å². The number of ether oxygens (including phenoxy) is 1. The molecule has 6 nitrogen and oxygen atoms in total. The number of esters is 1. The molecule has 0 atom stereocenters. The van der Waals surface area contributed by atoms with Gasteiger partial charge in [-0.1, -0.05) is 35.9 Å². The number of carbonyl (C=O) groups excluding carboxylic acids is 2. The van der Waals surface area contributed by atoms with E-state index in [1.165, 1.54) is 29.8 Å². The van der Waals surface area contributed by atoms with Crippen LogP contribution in [0, 0.1) is 26.6 Å². The van der Waals surface area contributed by atoms with Crippen LogP contribution in [0.3, 0.4) is 0 Å². The summed E-state index contributed by atoms with van der Waals surface area (Å²) < 4.78 is 20.0. The monoisotopic (exact) mass is 421 g/mol. The molecule has 3 rings (SSSR count). The summed E-state index contributed by atoms with van der Waals surface area (Å²) in [5, 5.41) is 7.02. The molecule has 0 radical (unpaired) electrons. The van der Waals surface area contributed by atoms with Crippen LogP contribution in [0.5, 0.6) is 0 Å². The van der Waals surface area contributed by atoms with Gasteiger partial charge in [-0.25, -0.2) is 9.18 Å². The summed E-state index contributed by atoms with van der Waals surface area (Å²) in [6.07, 6.45) is 2.90. The van der Waals surface area contributed by atoms with Gasteiger partial charge in [0.2, 0.25) is 0 Å². The van der Waals surface area contributed by atoms with Crippen LogP contribution < -0.4 is 5.32 Å². The zero-order chi connectivity index (χ0) is 22.4. The van der Waals surface area contributed by atoms with Crippen molar-refractivity contribution in [3.05, 3.63) is 88.5 Å². The average molecular weight is 421 g/mol. The van der Waals surface area contributed by atoms with E-state index in [1.807, 2.05) is 25.5 Å². The van der Waals surface area contributed by atoms with Gasteiger partial charge in [-0.15, -0.1) is 0 Å². The van der Waals surface area contributed by atoms with Gasteiger partial charge in [0, 0.05) is 23.0 Å². The van der Waals surface area contributed by atoms with E-state index in [-0.39, 0.29) is 0 Å². The second-order valence-electron chi connectivity index (χ2n) is 7.23. The molecule has 7 heteroatoms. The molecule has 0 aliphatic rings. The maximum atomic E-state index is 13.1. The molecular weight excluding hydrogens is 397 g/mol. The molecule has 0 saturated heterocycles. The highest BCUT2D eigenvalue weighted by molar-refractivity contribution is 5.94. The number of amides is 1. The van der Waals surface area contributed by atoms with Crippen LogP contribution >= 0.6 is 0 Å².